The molecule has 0 unspecified atom stereocenters. The summed E-state index contributed by atoms with van der Waals surface area (Å²) >= 11 is 0. The number of benzene rings is 1. The van der Waals surface area contributed by atoms with E-state index in [4.69, 9.17) is 5.73 Å². The minimum absolute atomic E-state index is 0.299. The molecule has 1 heterocycles. The van der Waals surface area contributed by atoms with E-state index in [9.17, 15) is 4.79 Å². The van der Waals surface area contributed by atoms with E-state index in [1.807, 2.05) is 0 Å². The van der Waals surface area contributed by atoms with Crippen LogP contribution in [-0.4, -0.2) is 30.1 Å². The second-order valence-corrected chi connectivity index (χ2v) is 4.91. The van der Waals surface area contributed by atoms with Gasteiger partial charge in [-0.1, -0.05) is 24.3 Å². The third-order valence-corrected chi connectivity index (χ3v) is 3.65. The summed E-state index contributed by atoms with van der Waals surface area (Å²) in [6.45, 7) is 4.56. The number of carbonyl (C=O) groups is 1. The first kappa shape index (κ1) is 12.9. The average molecular weight is 247 g/mol. The van der Waals surface area contributed by atoms with Crippen molar-refractivity contribution in [2.75, 3.05) is 13.1 Å². The lowest BCUT2D eigenvalue weighted by Gasteiger charge is -2.31. The molecule has 1 aliphatic rings. The molecule has 0 spiro atoms. The number of aryl methyl sites for hydroxylation is 1. The summed E-state index contributed by atoms with van der Waals surface area (Å²) in [6, 6.07) is 8.60. The van der Waals surface area contributed by atoms with Crippen molar-refractivity contribution in [1.29, 1.82) is 0 Å². The normalized spacial score (nSPS) is 16.8. The number of nitrogens with one attached hydrogen (secondary N) is 1. The molecule has 0 aromatic heterocycles. The number of nitrogens with zero attached hydrogens (tertiary/aromatic N) is 1. The standard InChI is InChI=1S/C14H21N3O/c1-11-4-2-3-5-12(11)10-16-13-6-8-17(9-7-13)14(15)18/h2-5,13,16H,6-10H2,1H3,(H2,15,18). The van der Waals surface area contributed by atoms with Gasteiger partial charge in [0, 0.05) is 25.7 Å². The van der Waals surface area contributed by atoms with E-state index in [2.05, 4.69) is 36.5 Å². The fourth-order valence-corrected chi connectivity index (χ4v) is 2.37. The lowest BCUT2D eigenvalue weighted by molar-refractivity contribution is 0.185. The minimum Gasteiger partial charge on any atom is -0.351 e. The lowest BCUT2D eigenvalue weighted by atomic mass is 10.0. The summed E-state index contributed by atoms with van der Waals surface area (Å²) in [5, 5.41) is 3.56. The second-order valence-electron chi connectivity index (χ2n) is 4.91. The maximum Gasteiger partial charge on any atom is 0.314 e. The third-order valence-electron chi connectivity index (χ3n) is 3.65. The molecular formula is C14H21N3O. The van der Waals surface area contributed by atoms with Gasteiger partial charge in [0.15, 0.2) is 0 Å². The van der Waals surface area contributed by atoms with Crippen LogP contribution < -0.4 is 11.1 Å². The smallest absolute Gasteiger partial charge is 0.314 e. The van der Waals surface area contributed by atoms with E-state index in [-0.39, 0.29) is 6.03 Å². The first-order valence-electron chi connectivity index (χ1n) is 6.49. The van der Waals surface area contributed by atoms with E-state index in [1.165, 1.54) is 11.1 Å². The van der Waals surface area contributed by atoms with E-state index in [0.717, 1.165) is 32.5 Å². The Morgan fingerprint density at radius 3 is 2.67 bits per heavy atom. The van der Waals surface area contributed by atoms with Crippen LogP contribution in [-0.2, 0) is 6.54 Å². The number of piperidine rings is 1. The zero-order valence-electron chi connectivity index (χ0n) is 10.9. The Labute approximate surface area is 108 Å². The van der Waals surface area contributed by atoms with Crippen molar-refractivity contribution in [2.45, 2.75) is 32.4 Å². The summed E-state index contributed by atoms with van der Waals surface area (Å²) in [5.41, 5.74) is 7.93. The van der Waals surface area contributed by atoms with Crippen LogP contribution in [0.15, 0.2) is 24.3 Å². The number of rotatable bonds is 3. The van der Waals surface area contributed by atoms with Gasteiger partial charge < -0.3 is 16.0 Å². The lowest BCUT2D eigenvalue weighted by Crippen LogP contribution is -2.46. The van der Waals surface area contributed by atoms with Crippen LogP contribution in [0.4, 0.5) is 4.79 Å². The van der Waals surface area contributed by atoms with Crippen LogP contribution in [0.3, 0.4) is 0 Å². The Morgan fingerprint density at radius 1 is 1.39 bits per heavy atom. The van der Waals surface area contributed by atoms with E-state index < -0.39 is 0 Å². The number of carbonyl (C=O) groups excluding carboxylic acids is 1. The van der Waals surface area contributed by atoms with E-state index in [1.54, 1.807) is 4.90 Å². The van der Waals surface area contributed by atoms with Gasteiger partial charge in [-0.25, -0.2) is 4.79 Å². The predicted octanol–water partition coefficient (Wildman–Crippen LogP) is 1.63. The summed E-state index contributed by atoms with van der Waals surface area (Å²) in [7, 11) is 0. The molecule has 18 heavy (non-hydrogen) atoms. The van der Waals surface area contributed by atoms with Crippen LogP contribution >= 0.6 is 0 Å². The molecule has 1 aromatic rings. The maximum atomic E-state index is 11.0. The Bertz CT molecular complexity index is 411. The quantitative estimate of drug-likeness (QED) is 0.853. The van der Waals surface area contributed by atoms with Crippen molar-refractivity contribution in [3.63, 3.8) is 0 Å². The molecule has 2 amide bonds. The van der Waals surface area contributed by atoms with Crippen LogP contribution in [0.25, 0.3) is 0 Å². The first-order valence-corrected chi connectivity index (χ1v) is 6.49. The van der Waals surface area contributed by atoms with Gasteiger partial charge in [0.2, 0.25) is 0 Å². The fraction of sp³-hybridized carbons (Fsp3) is 0.500. The van der Waals surface area contributed by atoms with Gasteiger partial charge >= 0.3 is 6.03 Å². The minimum atomic E-state index is -0.299. The molecule has 0 radical (unpaired) electrons. The highest BCUT2D eigenvalue weighted by Gasteiger charge is 2.20. The van der Waals surface area contributed by atoms with Crippen molar-refractivity contribution >= 4 is 6.03 Å². The summed E-state index contributed by atoms with van der Waals surface area (Å²) < 4.78 is 0. The van der Waals surface area contributed by atoms with E-state index >= 15 is 0 Å². The molecule has 1 aromatic carbocycles. The number of hydrogen-bond donors (Lipinski definition) is 2. The van der Waals surface area contributed by atoms with Gasteiger partial charge in [-0.05, 0) is 30.9 Å². The van der Waals surface area contributed by atoms with Crippen molar-refractivity contribution in [3.05, 3.63) is 35.4 Å². The zero-order chi connectivity index (χ0) is 13.0. The Balaban J connectivity index is 1.79. The summed E-state index contributed by atoms with van der Waals surface area (Å²) in [5.74, 6) is 0. The van der Waals surface area contributed by atoms with Crippen molar-refractivity contribution in [2.24, 2.45) is 5.73 Å². The van der Waals surface area contributed by atoms with Crippen LogP contribution in [0.1, 0.15) is 24.0 Å². The number of hydrogen-bond acceptors (Lipinski definition) is 2. The third kappa shape index (κ3) is 3.23. The predicted molar refractivity (Wildman–Crippen MR) is 72.2 cm³/mol. The number of primary amides is 1. The van der Waals surface area contributed by atoms with Crippen LogP contribution in [0.2, 0.25) is 0 Å². The Hall–Kier alpha value is -1.55. The van der Waals surface area contributed by atoms with Crippen molar-refractivity contribution in [1.82, 2.24) is 10.2 Å². The molecule has 0 atom stereocenters. The van der Waals surface area contributed by atoms with Gasteiger partial charge in [0.25, 0.3) is 0 Å². The number of urea groups is 1. The molecular weight excluding hydrogens is 226 g/mol. The maximum absolute atomic E-state index is 11.0. The molecule has 3 N–H and O–H groups in total. The summed E-state index contributed by atoms with van der Waals surface area (Å²) in [6.07, 6.45) is 1.96. The van der Waals surface area contributed by atoms with E-state index in [0.29, 0.717) is 6.04 Å². The molecule has 2 rings (SSSR count). The number of amides is 2. The molecule has 1 fully saturated rings. The average Bonchev–Trinajstić information content (AvgIpc) is 2.38. The molecule has 1 aliphatic heterocycles. The van der Waals surface area contributed by atoms with Crippen molar-refractivity contribution in [3.8, 4) is 0 Å². The topological polar surface area (TPSA) is 58.4 Å². The molecule has 1 saturated heterocycles. The molecule has 4 heteroatoms. The SMILES string of the molecule is Cc1ccccc1CNC1CCN(C(N)=O)CC1. The van der Waals surface area contributed by atoms with Gasteiger partial charge in [-0.15, -0.1) is 0 Å². The van der Waals surface area contributed by atoms with Gasteiger partial charge in [-0.3, -0.25) is 0 Å². The monoisotopic (exact) mass is 247 g/mol. The molecule has 0 saturated carbocycles. The van der Waals surface area contributed by atoms with Crippen LogP contribution in [0, 0.1) is 6.92 Å². The van der Waals surface area contributed by atoms with Gasteiger partial charge in [0.1, 0.15) is 0 Å². The number of nitrogens with two attached hydrogens (primary N) is 1. The molecule has 4 nitrogen and oxygen atoms in total. The second kappa shape index (κ2) is 5.87. The summed E-state index contributed by atoms with van der Waals surface area (Å²) in [4.78, 5) is 12.7. The Kier molecular flexibility index (Phi) is 4.20. The highest BCUT2D eigenvalue weighted by molar-refractivity contribution is 5.72. The largest absolute Gasteiger partial charge is 0.351 e. The fourth-order valence-electron chi connectivity index (χ4n) is 2.37. The Morgan fingerprint density at radius 2 is 2.06 bits per heavy atom. The van der Waals surface area contributed by atoms with Gasteiger partial charge in [0.05, 0.1) is 0 Å². The highest BCUT2D eigenvalue weighted by atomic mass is 16.2. The molecule has 0 bridgehead atoms. The van der Waals surface area contributed by atoms with Crippen molar-refractivity contribution < 1.29 is 4.79 Å². The first-order chi connectivity index (χ1) is 8.66. The zero-order valence-corrected chi connectivity index (χ0v) is 10.9. The number of likely N-dealkylation sites (tertiary alicyclic amines) is 1. The molecule has 0 aliphatic carbocycles. The molecule has 98 valence electrons. The van der Waals surface area contributed by atoms with Gasteiger partial charge in [-0.2, -0.15) is 0 Å². The van der Waals surface area contributed by atoms with Crippen LogP contribution in [0.5, 0.6) is 0 Å². The highest BCUT2D eigenvalue weighted by Crippen LogP contribution is 2.12.